The molecule has 0 N–H and O–H groups in total. The van der Waals surface area contributed by atoms with E-state index < -0.39 is 0 Å². The van der Waals surface area contributed by atoms with Crippen molar-refractivity contribution in [2.45, 2.75) is 103 Å². The van der Waals surface area contributed by atoms with Crippen LogP contribution in [0.3, 0.4) is 0 Å². The summed E-state index contributed by atoms with van der Waals surface area (Å²) in [4.78, 5) is 0. The van der Waals surface area contributed by atoms with Crippen molar-refractivity contribution in [2.24, 2.45) is 29.6 Å². The predicted octanol–water partition coefficient (Wildman–Crippen LogP) is 6.98. The Balaban J connectivity index is 1.39. The fourth-order valence-corrected chi connectivity index (χ4v) is 5.96. The first-order valence-electron chi connectivity index (χ1n) is 10.3. The molecule has 0 bridgehead atoms. The number of hydrogen-bond acceptors (Lipinski definition) is 0. The minimum Gasteiger partial charge on any atom is -0.0654 e. The molecule has 0 spiro atoms. The molecule has 3 fully saturated rings. The number of rotatable bonds is 5. The zero-order valence-electron chi connectivity index (χ0n) is 14.5. The normalized spacial score (nSPS) is 38.1. The van der Waals surface area contributed by atoms with Crippen LogP contribution < -0.4 is 0 Å². The van der Waals surface area contributed by atoms with Gasteiger partial charge in [0.25, 0.3) is 0 Å². The van der Waals surface area contributed by atoms with Crippen molar-refractivity contribution in [3.8, 4) is 0 Å². The second kappa shape index (κ2) is 8.02. The third-order valence-corrected chi connectivity index (χ3v) is 7.24. The molecule has 0 aromatic carbocycles. The highest BCUT2D eigenvalue weighted by molar-refractivity contribution is 4.86. The van der Waals surface area contributed by atoms with E-state index in [2.05, 4.69) is 6.92 Å². The maximum absolute atomic E-state index is 2.37. The molecule has 0 heterocycles. The molecule has 0 saturated heterocycles. The smallest absolute Gasteiger partial charge is 0.0383 e. The molecular weight excluding hydrogens is 252 g/mol. The molecule has 0 amide bonds. The largest absolute Gasteiger partial charge is 0.0654 e. The van der Waals surface area contributed by atoms with E-state index in [0.717, 1.165) is 29.6 Å². The summed E-state index contributed by atoms with van der Waals surface area (Å²) in [5.41, 5.74) is 0. The van der Waals surface area contributed by atoms with Gasteiger partial charge in [-0.3, -0.25) is 0 Å². The Morgan fingerprint density at radius 2 is 1.14 bits per heavy atom. The summed E-state index contributed by atoms with van der Waals surface area (Å²) < 4.78 is 0. The molecule has 0 nitrogen and oxygen atoms in total. The number of fused-ring (bicyclic) bond motifs is 1. The maximum atomic E-state index is 2.37. The highest BCUT2D eigenvalue weighted by atomic mass is 14.4. The lowest BCUT2D eigenvalue weighted by atomic mass is 9.63. The average Bonchev–Trinajstić information content (AvgIpc) is 2.54. The van der Waals surface area contributed by atoms with Crippen molar-refractivity contribution >= 4 is 0 Å². The molecule has 21 heavy (non-hydrogen) atoms. The average molecular weight is 291 g/mol. The fraction of sp³-hybridized carbons (Fsp3) is 1.00. The van der Waals surface area contributed by atoms with E-state index in [-0.39, 0.29) is 0 Å². The van der Waals surface area contributed by atoms with Gasteiger partial charge in [0.15, 0.2) is 0 Å². The van der Waals surface area contributed by atoms with E-state index in [1.165, 1.54) is 32.1 Å². The molecule has 0 aromatic heterocycles. The molecule has 0 aromatic rings. The van der Waals surface area contributed by atoms with Crippen LogP contribution in [0.2, 0.25) is 0 Å². The number of hydrogen-bond donors (Lipinski definition) is 0. The maximum Gasteiger partial charge on any atom is -0.0383 e. The zero-order chi connectivity index (χ0) is 14.5. The van der Waals surface area contributed by atoms with E-state index in [9.17, 15) is 0 Å². The summed E-state index contributed by atoms with van der Waals surface area (Å²) in [7, 11) is 0. The van der Waals surface area contributed by atoms with Gasteiger partial charge in [0.2, 0.25) is 0 Å². The molecule has 122 valence electrons. The second-order valence-electron chi connectivity index (χ2n) is 8.75. The van der Waals surface area contributed by atoms with Gasteiger partial charge in [0.1, 0.15) is 0 Å². The van der Waals surface area contributed by atoms with Crippen LogP contribution in [0.5, 0.6) is 0 Å². The first-order chi connectivity index (χ1) is 10.3. The van der Waals surface area contributed by atoms with Crippen LogP contribution >= 0.6 is 0 Å². The SMILES string of the molecule is CCCC1CCC2CC(CCC3CCCCC3)CCC2C1. The van der Waals surface area contributed by atoms with Crippen molar-refractivity contribution in [3.63, 3.8) is 0 Å². The standard InChI is InChI=1S/C21H38/c1-2-6-18-11-13-21-16-19(12-14-20(21)15-18)10-9-17-7-4-3-5-8-17/h17-21H,2-16H2,1H3. The Hall–Kier alpha value is 0. The van der Waals surface area contributed by atoms with E-state index in [1.54, 1.807) is 64.2 Å². The minimum atomic E-state index is 1.09. The Morgan fingerprint density at radius 1 is 0.571 bits per heavy atom. The van der Waals surface area contributed by atoms with Crippen molar-refractivity contribution in [1.29, 1.82) is 0 Å². The van der Waals surface area contributed by atoms with Gasteiger partial charge in [-0.25, -0.2) is 0 Å². The molecular formula is C21H38. The van der Waals surface area contributed by atoms with Gasteiger partial charge in [-0.2, -0.15) is 0 Å². The second-order valence-corrected chi connectivity index (χ2v) is 8.75. The van der Waals surface area contributed by atoms with Gasteiger partial charge in [-0.1, -0.05) is 77.6 Å². The summed E-state index contributed by atoms with van der Waals surface area (Å²) in [5, 5.41) is 0. The Bertz CT molecular complexity index is 288. The molecule has 0 aliphatic heterocycles. The Kier molecular flexibility index (Phi) is 6.07. The zero-order valence-corrected chi connectivity index (χ0v) is 14.5. The lowest BCUT2D eigenvalue weighted by molar-refractivity contribution is 0.0887. The van der Waals surface area contributed by atoms with E-state index >= 15 is 0 Å². The van der Waals surface area contributed by atoms with Crippen LogP contribution in [0, 0.1) is 29.6 Å². The molecule has 3 rings (SSSR count). The van der Waals surface area contributed by atoms with Gasteiger partial charge in [0, 0.05) is 0 Å². The molecule has 0 radical (unpaired) electrons. The summed E-state index contributed by atoms with van der Waals surface area (Å²) >= 11 is 0. The van der Waals surface area contributed by atoms with E-state index in [1.807, 2.05) is 0 Å². The quantitative estimate of drug-likeness (QED) is 0.512. The van der Waals surface area contributed by atoms with Crippen LogP contribution in [0.1, 0.15) is 103 Å². The van der Waals surface area contributed by atoms with E-state index in [4.69, 9.17) is 0 Å². The van der Waals surface area contributed by atoms with Crippen LogP contribution in [0.4, 0.5) is 0 Å². The van der Waals surface area contributed by atoms with E-state index in [0.29, 0.717) is 0 Å². The first-order valence-corrected chi connectivity index (χ1v) is 10.3. The van der Waals surface area contributed by atoms with Crippen LogP contribution in [-0.4, -0.2) is 0 Å². The van der Waals surface area contributed by atoms with Gasteiger partial charge in [-0.05, 0) is 55.3 Å². The van der Waals surface area contributed by atoms with Gasteiger partial charge in [0.05, 0.1) is 0 Å². The van der Waals surface area contributed by atoms with Crippen LogP contribution in [0.25, 0.3) is 0 Å². The summed E-state index contributed by atoms with van der Waals surface area (Å²) in [6.45, 7) is 2.37. The van der Waals surface area contributed by atoms with Crippen LogP contribution in [-0.2, 0) is 0 Å². The molecule has 3 aliphatic rings. The van der Waals surface area contributed by atoms with Crippen molar-refractivity contribution in [2.75, 3.05) is 0 Å². The summed E-state index contributed by atoms with van der Waals surface area (Å²) in [5.74, 6) is 5.56. The first kappa shape index (κ1) is 15.9. The highest BCUT2D eigenvalue weighted by Gasteiger charge is 2.35. The lowest BCUT2D eigenvalue weighted by Crippen LogP contribution is -2.31. The molecule has 4 unspecified atom stereocenters. The molecule has 4 atom stereocenters. The predicted molar refractivity (Wildman–Crippen MR) is 92.4 cm³/mol. The highest BCUT2D eigenvalue weighted by Crippen LogP contribution is 2.47. The Labute approximate surface area is 133 Å². The molecule has 3 saturated carbocycles. The Morgan fingerprint density at radius 3 is 1.76 bits per heavy atom. The third-order valence-electron chi connectivity index (χ3n) is 7.24. The monoisotopic (exact) mass is 290 g/mol. The molecule has 0 heteroatoms. The van der Waals surface area contributed by atoms with Gasteiger partial charge in [-0.15, -0.1) is 0 Å². The van der Waals surface area contributed by atoms with Crippen molar-refractivity contribution < 1.29 is 0 Å². The minimum absolute atomic E-state index is 1.09. The lowest BCUT2D eigenvalue weighted by Gasteiger charge is -2.42. The van der Waals surface area contributed by atoms with Crippen molar-refractivity contribution in [3.05, 3.63) is 0 Å². The topological polar surface area (TPSA) is 0 Å². The fourth-order valence-electron chi connectivity index (χ4n) is 5.96. The summed E-state index contributed by atoms with van der Waals surface area (Å²) in [6, 6.07) is 0. The van der Waals surface area contributed by atoms with Crippen molar-refractivity contribution in [1.82, 2.24) is 0 Å². The summed E-state index contributed by atoms with van der Waals surface area (Å²) in [6.07, 6.45) is 23.2. The van der Waals surface area contributed by atoms with Crippen LogP contribution in [0.15, 0.2) is 0 Å². The third kappa shape index (κ3) is 4.49. The van der Waals surface area contributed by atoms with Gasteiger partial charge >= 0.3 is 0 Å². The molecule has 3 aliphatic carbocycles. The van der Waals surface area contributed by atoms with Gasteiger partial charge < -0.3 is 0 Å².